The molecule has 1 aromatic carbocycles. The Kier molecular flexibility index (Phi) is 4.17. The summed E-state index contributed by atoms with van der Waals surface area (Å²) in [4.78, 5) is 16.7. The van der Waals surface area contributed by atoms with E-state index in [0.29, 0.717) is 34.5 Å². The first kappa shape index (κ1) is 16.1. The van der Waals surface area contributed by atoms with Gasteiger partial charge in [-0.3, -0.25) is 4.79 Å². The molecule has 0 radical (unpaired) electrons. The van der Waals surface area contributed by atoms with Crippen LogP contribution in [0.4, 0.5) is 5.69 Å². The molecule has 1 spiro atoms. The number of hydrogen-bond donors (Lipinski definition) is 2. The summed E-state index contributed by atoms with van der Waals surface area (Å²) in [6, 6.07) is 7.29. The molecule has 0 bridgehead atoms. The predicted octanol–water partition coefficient (Wildman–Crippen LogP) is 2.12. The van der Waals surface area contributed by atoms with E-state index >= 15 is 0 Å². The number of carbonyl (C=O) groups excluding carboxylic acids is 1. The number of nitrogens with zero attached hydrogens (tertiary/aromatic N) is 2. The van der Waals surface area contributed by atoms with Gasteiger partial charge in [0.1, 0.15) is 5.75 Å². The fourth-order valence-electron chi connectivity index (χ4n) is 3.74. The molecule has 1 aliphatic carbocycles. The Morgan fingerprint density at radius 3 is 3.00 bits per heavy atom. The molecule has 7 nitrogen and oxygen atoms in total. The van der Waals surface area contributed by atoms with E-state index in [2.05, 4.69) is 20.8 Å². The van der Waals surface area contributed by atoms with E-state index in [1.807, 2.05) is 12.1 Å². The molecule has 2 N–H and O–H groups in total. The van der Waals surface area contributed by atoms with Crippen molar-refractivity contribution in [3.05, 3.63) is 36.0 Å². The lowest BCUT2D eigenvalue weighted by Crippen LogP contribution is -2.29. The number of piperidine rings is 1. The van der Waals surface area contributed by atoms with Crippen LogP contribution >= 0.6 is 0 Å². The summed E-state index contributed by atoms with van der Waals surface area (Å²) in [7, 11) is 1.57. The van der Waals surface area contributed by atoms with Crippen LogP contribution in [0.3, 0.4) is 0 Å². The Morgan fingerprint density at radius 1 is 1.40 bits per heavy atom. The molecule has 7 heteroatoms. The third-order valence-corrected chi connectivity index (χ3v) is 5.27. The number of carbonyl (C=O) groups is 1. The smallest absolute Gasteiger partial charge is 0.232 e. The number of para-hydroxylation sites is 2. The maximum absolute atomic E-state index is 12.2. The summed E-state index contributed by atoms with van der Waals surface area (Å²) in [5, 5.41) is 10.2. The van der Waals surface area contributed by atoms with Gasteiger partial charge in [-0.25, -0.2) is 0 Å². The number of benzene rings is 1. The van der Waals surface area contributed by atoms with Crippen LogP contribution in [0.15, 0.2) is 28.8 Å². The van der Waals surface area contributed by atoms with Crippen LogP contribution in [0, 0.1) is 5.41 Å². The highest BCUT2D eigenvalue weighted by Crippen LogP contribution is 2.63. The van der Waals surface area contributed by atoms with Crippen molar-refractivity contribution in [1.82, 2.24) is 15.5 Å². The van der Waals surface area contributed by atoms with Crippen molar-refractivity contribution in [2.45, 2.75) is 31.6 Å². The molecule has 2 heterocycles. The van der Waals surface area contributed by atoms with Crippen LogP contribution in [-0.4, -0.2) is 36.2 Å². The molecule has 4 rings (SSSR count). The second kappa shape index (κ2) is 6.48. The van der Waals surface area contributed by atoms with Crippen molar-refractivity contribution < 1.29 is 14.1 Å². The number of nitrogens with one attached hydrogen (secondary N) is 2. The first-order chi connectivity index (χ1) is 12.2. The minimum absolute atomic E-state index is 0.0861. The van der Waals surface area contributed by atoms with E-state index in [1.54, 1.807) is 19.2 Å². The summed E-state index contributed by atoms with van der Waals surface area (Å²) in [6.07, 6.45) is 3.51. The number of ether oxygens (including phenoxy) is 1. The quantitative estimate of drug-likeness (QED) is 0.865. The van der Waals surface area contributed by atoms with Gasteiger partial charge >= 0.3 is 0 Å². The highest BCUT2D eigenvalue weighted by Gasteiger charge is 2.57. The van der Waals surface area contributed by atoms with E-state index in [1.165, 1.54) is 0 Å². The Hall–Kier alpha value is -2.41. The maximum Gasteiger partial charge on any atom is 0.232 e. The van der Waals surface area contributed by atoms with Crippen LogP contribution in [0.5, 0.6) is 5.75 Å². The van der Waals surface area contributed by atoms with E-state index in [4.69, 9.17) is 9.26 Å². The summed E-state index contributed by atoms with van der Waals surface area (Å²) in [6.45, 7) is 2.11. The molecule has 1 saturated carbocycles. The van der Waals surface area contributed by atoms with Gasteiger partial charge in [0.15, 0.2) is 5.82 Å². The summed E-state index contributed by atoms with van der Waals surface area (Å²) in [5.74, 6) is 1.90. The lowest BCUT2D eigenvalue weighted by atomic mass is 9.92. The molecule has 1 amide bonds. The molecule has 2 aliphatic rings. The maximum atomic E-state index is 12.2. The zero-order valence-corrected chi connectivity index (χ0v) is 14.2. The molecule has 2 aromatic rings. The van der Waals surface area contributed by atoms with Gasteiger partial charge < -0.3 is 19.9 Å². The average molecular weight is 342 g/mol. The van der Waals surface area contributed by atoms with Gasteiger partial charge in [-0.05, 0) is 49.9 Å². The molecular formula is C18H22N4O3. The van der Waals surface area contributed by atoms with Crippen molar-refractivity contribution in [2.24, 2.45) is 5.41 Å². The second-order valence-corrected chi connectivity index (χ2v) is 6.84. The van der Waals surface area contributed by atoms with Gasteiger partial charge in [0.25, 0.3) is 0 Å². The molecule has 2 fully saturated rings. The molecule has 1 aromatic heterocycles. The molecular weight excluding hydrogens is 320 g/mol. The van der Waals surface area contributed by atoms with E-state index in [-0.39, 0.29) is 12.3 Å². The number of amides is 1. The molecule has 1 aliphatic heterocycles. The monoisotopic (exact) mass is 342 g/mol. The van der Waals surface area contributed by atoms with Crippen LogP contribution in [0.1, 0.15) is 36.9 Å². The highest BCUT2D eigenvalue weighted by molar-refractivity contribution is 5.93. The fraction of sp³-hybridized carbons (Fsp3) is 0.500. The fourth-order valence-corrected chi connectivity index (χ4v) is 3.74. The Morgan fingerprint density at radius 2 is 2.20 bits per heavy atom. The zero-order chi connectivity index (χ0) is 17.3. The van der Waals surface area contributed by atoms with Gasteiger partial charge in [-0.15, -0.1) is 0 Å². The first-order valence-corrected chi connectivity index (χ1v) is 8.66. The third-order valence-electron chi connectivity index (χ3n) is 5.27. The van der Waals surface area contributed by atoms with Crippen molar-refractivity contribution in [2.75, 3.05) is 25.5 Å². The van der Waals surface area contributed by atoms with Crippen molar-refractivity contribution in [3.8, 4) is 5.75 Å². The van der Waals surface area contributed by atoms with Crippen LogP contribution in [0.25, 0.3) is 0 Å². The van der Waals surface area contributed by atoms with E-state index in [9.17, 15) is 4.79 Å². The third kappa shape index (κ3) is 3.24. The average Bonchev–Trinajstić information content (AvgIpc) is 3.11. The SMILES string of the molecule is COc1ccccc1NC(=O)Cc1noc(C2CC23CCNCC3)n1. The van der Waals surface area contributed by atoms with Crippen molar-refractivity contribution in [3.63, 3.8) is 0 Å². The number of rotatable bonds is 5. The summed E-state index contributed by atoms with van der Waals surface area (Å²) < 4.78 is 10.7. The lowest BCUT2D eigenvalue weighted by Gasteiger charge is -2.22. The first-order valence-electron chi connectivity index (χ1n) is 8.66. The van der Waals surface area contributed by atoms with Gasteiger partial charge in [-0.1, -0.05) is 17.3 Å². The Bertz CT molecular complexity index is 767. The van der Waals surface area contributed by atoms with E-state index in [0.717, 1.165) is 32.4 Å². The molecule has 25 heavy (non-hydrogen) atoms. The van der Waals surface area contributed by atoms with Gasteiger partial charge in [0.2, 0.25) is 11.8 Å². The Balaban J connectivity index is 1.37. The summed E-state index contributed by atoms with van der Waals surface area (Å²) in [5.41, 5.74) is 0.976. The molecule has 1 saturated heterocycles. The number of aromatic nitrogens is 2. The lowest BCUT2D eigenvalue weighted by molar-refractivity contribution is -0.115. The van der Waals surface area contributed by atoms with Crippen LogP contribution in [-0.2, 0) is 11.2 Å². The molecule has 1 unspecified atom stereocenters. The highest BCUT2D eigenvalue weighted by atomic mass is 16.5. The summed E-state index contributed by atoms with van der Waals surface area (Å²) >= 11 is 0. The van der Waals surface area contributed by atoms with Gasteiger partial charge in [0, 0.05) is 5.92 Å². The standard InChI is InChI=1S/C18H22N4O3/c1-24-14-5-3-2-4-13(14)20-16(23)10-15-21-17(25-22-15)12-11-18(12)6-8-19-9-7-18/h2-5,12,19H,6-11H2,1H3,(H,20,23). The molecule has 1 atom stereocenters. The van der Waals surface area contributed by atoms with E-state index < -0.39 is 0 Å². The van der Waals surface area contributed by atoms with Gasteiger partial charge in [0.05, 0.1) is 19.2 Å². The zero-order valence-electron chi connectivity index (χ0n) is 14.2. The minimum Gasteiger partial charge on any atom is -0.495 e. The predicted molar refractivity (Wildman–Crippen MR) is 91.5 cm³/mol. The van der Waals surface area contributed by atoms with Crippen molar-refractivity contribution in [1.29, 1.82) is 0 Å². The largest absolute Gasteiger partial charge is 0.495 e. The second-order valence-electron chi connectivity index (χ2n) is 6.84. The minimum atomic E-state index is -0.191. The Labute approximate surface area is 146 Å². The molecule has 132 valence electrons. The van der Waals surface area contributed by atoms with Crippen LogP contribution in [0.2, 0.25) is 0 Å². The van der Waals surface area contributed by atoms with Crippen molar-refractivity contribution >= 4 is 11.6 Å². The topological polar surface area (TPSA) is 89.3 Å². The number of hydrogen-bond acceptors (Lipinski definition) is 6. The number of methoxy groups -OCH3 is 1. The van der Waals surface area contributed by atoms with Gasteiger partial charge in [-0.2, -0.15) is 4.98 Å². The van der Waals surface area contributed by atoms with Crippen LogP contribution < -0.4 is 15.4 Å². The number of anilines is 1. The normalized spacial score (nSPS) is 21.1.